The molecule has 2 aromatic heterocycles. The quantitative estimate of drug-likeness (QED) is 0.582. The standard InChI is InChI=1S/C11H13N5/c1-7-5-14-16(6-7)11-9(10(12)13)4-3-8(2)15-11/h3-6H,1-2H3,(H3,12,13). The number of pyridine rings is 1. The van der Waals surface area contributed by atoms with Gasteiger partial charge in [-0.15, -0.1) is 0 Å². The predicted octanol–water partition coefficient (Wildman–Crippen LogP) is 1.17. The van der Waals surface area contributed by atoms with Gasteiger partial charge in [-0.2, -0.15) is 5.10 Å². The summed E-state index contributed by atoms with van der Waals surface area (Å²) in [5.41, 5.74) is 8.01. The molecule has 0 aromatic carbocycles. The summed E-state index contributed by atoms with van der Waals surface area (Å²) in [6.07, 6.45) is 3.60. The van der Waals surface area contributed by atoms with Crippen LogP contribution in [0.2, 0.25) is 0 Å². The van der Waals surface area contributed by atoms with Gasteiger partial charge < -0.3 is 5.73 Å². The Kier molecular flexibility index (Phi) is 2.44. The van der Waals surface area contributed by atoms with Crippen molar-refractivity contribution in [3.63, 3.8) is 0 Å². The third kappa shape index (κ3) is 1.79. The van der Waals surface area contributed by atoms with Crippen LogP contribution in [0.3, 0.4) is 0 Å². The number of nitrogens with one attached hydrogen (secondary N) is 1. The first-order valence-corrected chi connectivity index (χ1v) is 4.91. The summed E-state index contributed by atoms with van der Waals surface area (Å²) >= 11 is 0. The van der Waals surface area contributed by atoms with Crippen LogP contribution in [0.5, 0.6) is 0 Å². The molecule has 2 aromatic rings. The molecule has 0 unspecified atom stereocenters. The van der Waals surface area contributed by atoms with Crippen LogP contribution in [0.25, 0.3) is 5.82 Å². The van der Waals surface area contributed by atoms with Crippen LogP contribution in [-0.2, 0) is 0 Å². The van der Waals surface area contributed by atoms with E-state index >= 15 is 0 Å². The molecule has 0 amide bonds. The topological polar surface area (TPSA) is 80.6 Å². The van der Waals surface area contributed by atoms with Crippen LogP contribution in [0.4, 0.5) is 0 Å². The zero-order valence-electron chi connectivity index (χ0n) is 9.23. The van der Waals surface area contributed by atoms with Crippen LogP contribution in [-0.4, -0.2) is 20.6 Å². The molecule has 5 heteroatoms. The van der Waals surface area contributed by atoms with Gasteiger partial charge >= 0.3 is 0 Å². The van der Waals surface area contributed by atoms with Crippen LogP contribution < -0.4 is 5.73 Å². The van der Waals surface area contributed by atoms with E-state index in [-0.39, 0.29) is 5.84 Å². The fourth-order valence-electron chi connectivity index (χ4n) is 1.46. The Morgan fingerprint density at radius 3 is 2.69 bits per heavy atom. The van der Waals surface area contributed by atoms with E-state index in [9.17, 15) is 0 Å². The fraction of sp³-hybridized carbons (Fsp3) is 0.182. The minimum atomic E-state index is -0.00402. The largest absolute Gasteiger partial charge is 0.384 e. The number of hydrogen-bond acceptors (Lipinski definition) is 3. The average molecular weight is 215 g/mol. The molecule has 0 spiro atoms. The molecule has 0 aliphatic carbocycles. The summed E-state index contributed by atoms with van der Waals surface area (Å²) in [6.45, 7) is 3.84. The van der Waals surface area contributed by atoms with Crippen LogP contribution in [0.1, 0.15) is 16.8 Å². The molecule has 0 aliphatic heterocycles. The molecule has 0 atom stereocenters. The Balaban J connectivity index is 2.62. The predicted molar refractivity (Wildman–Crippen MR) is 61.8 cm³/mol. The molecule has 16 heavy (non-hydrogen) atoms. The number of nitrogens with two attached hydrogens (primary N) is 1. The summed E-state index contributed by atoms with van der Waals surface area (Å²) in [4.78, 5) is 4.36. The number of nitrogen functional groups attached to an aromatic ring is 1. The zero-order chi connectivity index (χ0) is 11.7. The van der Waals surface area contributed by atoms with E-state index in [1.54, 1.807) is 16.9 Å². The van der Waals surface area contributed by atoms with Crippen molar-refractivity contribution < 1.29 is 0 Å². The second-order valence-electron chi connectivity index (χ2n) is 3.70. The van der Waals surface area contributed by atoms with E-state index < -0.39 is 0 Å². The second-order valence-corrected chi connectivity index (χ2v) is 3.70. The number of aromatic nitrogens is 3. The molecule has 2 rings (SSSR count). The first-order valence-electron chi connectivity index (χ1n) is 4.91. The highest BCUT2D eigenvalue weighted by Gasteiger charge is 2.09. The molecule has 0 saturated heterocycles. The van der Waals surface area contributed by atoms with E-state index in [0.29, 0.717) is 11.4 Å². The van der Waals surface area contributed by atoms with E-state index in [0.717, 1.165) is 11.3 Å². The van der Waals surface area contributed by atoms with Gasteiger partial charge in [0.25, 0.3) is 0 Å². The van der Waals surface area contributed by atoms with Crippen molar-refractivity contribution in [2.45, 2.75) is 13.8 Å². The molecular weight excluding hydrogens is 202 g/mol. The van der Waals surface area contributed by atoms with Crippen molar-refractivity contribution in [3.8, 4) is 5.82 Å². The maximum Gasteiger partial charge on any atom is 0.164 e. The van der Waals surface area contributed by atoms with Crippen molar-refractivity contribution in [1.82, 2.24) is 14.8 Å². The van der Waals surface area contributed by atoms with Gasteiger partial charge in [-0.1, -0.05) is 0 Å². The minimum absolute atomic E-state index is 0.00402. The first-order chi connectivity index (χ1) is 7.58. The molecule has 3 N–H and O–H groups in total. The summed E-state index contributed by atoms with van der Waals surface area (Å²) in [6, 6.07) is 3.62. The van der Waals surface area contributed by atoms with Gasteiger partial charge in [-0.3, -0.25) is 5.41 Å². The van der Waals surface area contributed by atoms with E-state index in [2.05, 4.69) is 10.1 Å². The van der Waals surface area contributed by atoms with Gasteiger partial charge in [0.15, 0.2) is 5.82 Å². The minimum Gasteiger partial charge on any atom is -0.384 e. The van der Waals surface area contributed by atoms with Gasteiger partial charge in [-0.25, -0.2) is 9.67 Å². The van der Waals surface area contributed by atoms with Gasteiger partial charge in [0.05, 0.1) is 11.8 Å². The lowest BCUT2D eigenvalue weighted by Gasteiger charge is -2.07. The van der Waals surface area contributed by atoms with E-state index in [1.165, 1.54) is 0 Å². The van der Waals surface area contributed by atoms with Gasteiger partial charge in [0, 0.05) is 11.9 Å². The van der Waals surface area contributed by atoms with E-state index in [4.69, 9.17) is 11.1 Å². The maximum atomic E-state index is 7.50. The highest BCUT2D eigenvalue weighted by molar-refractivity contribution is 5.97. The highest BCUT2D eigenvalue weighted by atomic mass is 15.3. The van der Waals surface area contributed by atoms with Crippen LogP contribution >= 0.6 is 0 Å². The summed E-state index contributed by atoms with van der Waals surface area (Å²) in [5.74, 6) is 0.594. The normalized spacial score (nSPS) is 10.4. The summed E-state index contributed by atoms with van der Waals surface area (Å²) in [7, 11) is 0. The zero-order valence-corrected chi connectivity index (χ0v) is 9.23. The van der Waals surface area contributed by atoms with Crippen LogP contribution in [0, 0.1) is 19.3 Å². The Hall–Kier alpha value is -2.17. The molecule has 0 aliphatic rings. The van der Waals surface area contributed by atoms with Gasteiger partial charge in [-0.05, 0) is 31.5 Å². The summed E-state index contributed by atoms with van der Waals surface area (Å²) < 4.78 is 1.64. The molecule has 5 nitrogen and oxygen atoms in total. The molecule has 0 bridgehead atoms. The Bertz CT molecular complexity index is 541. The average Bonchev–Trinajstić information content (AvgIpc) is 2.64. The van der Waals surface area contributed by atoms with Gasteiger partial charge in [0.1, 0.15) is 5.84 Å². The fourth-order valence-corrected chi connectivity index (χ4v) is 1.46. The molecule has 0 saturated carbocycles. The smallest absolute Gasteiger partial charge is 0.164 e. The lowest BCUT2D eigenvalue weighted by molar-refractivity contribution is 0.837. The number of amidine groups is 1. The monoisotopic (exact) mass is 215 g/mol. The number of aryl methyl sites for hydroxylation is 2. The Morgan fingerprint density at radius 2 is 2.12 bits per heavy atom. The molecule has 0 radical (unpaired) electrons. The lowest BCUT2D eigenvalue weighted by atomic mass is 10.2. The van der Waals surface area contributed by atoms with Crippen LogP contribution in [0.15, 0.2) is 24.5 Å². The van der Waals surface area contributed by atoms with Crippen molar-refractivity contribution in [2.24, 2.45) is 5.73 Å². The Morgan fingerprint density at radius 1 is 1.38 bits per heavy atom. The molecule has 82 valence electrons. The lowest BCUT2D eigenvalue weighted by Crippen LogP contribution is -2.16. The SMILES string of the molecule is Cc1cnn(-c2nc(C)ccc2C(=N)N)c1. The van der Waals surface area contributed by atoms with Crippen molar-refractivity contribution in [1.29, 1.82) is 5.41 Å². The van der Waals surface area contributed by atoms with Gasteiger partial charge in [0.2, 0.25) is 0 Å². The Labute approximate surface area is 93.4 Å². The first kappa shape index (κ1) is 10.4. The number of nitrogens with zero attached hydrogens (tertiary/aromatic N) is 3. The molecule has 0 fully saturated rings. The third-order valence-corrected chi connectivity index (χ3v) is 2.23. The van der Waals surface area contributed by atoms with Crippen molar-refractivity contribution in [3.05, 3.63) is 41.3 Å². The molecular formula is C11H13N5. The summed E-state index contributed by atoms with van der Waals surface area (Å²) in [5, 5.41) is 11.7. The van der Waals surface area contributed by atoms with Crippen molar-refractivity contribution in [2.75, 3.05) is 0 Å². The number of hydrogen-bond donors (Lipinski definition) is 2. The molecule has 2 heterocycles. The maximum absolute atomic E-state index is 7.50. The van der Waals surface area contributed by atoms with E-state index in [1.807, 2.05) is 26.1 Å². The second kappa shape index (κ2) is 3.77. The number of rotatable bonds is 2. The van der Waals surface area contributed by atoms with Crippen molar-refractivity contribution >= 4 is 5.84 Å². The highest BCUT2D eigenvalue weighted by Crippen LogP contribution is 2.12. The third-order valence-electron chi connectivity index (χ3n) is 2.23.